The Morgan fingerprint density at radius 2 is 1.95 bits per heavy atom. The van der Waals surface area contributed by atoms with Crippen LogP contribution in [0.3, 0.4) is 0 Å². The van der Waals surface area contributed by atoms with Crippen LogP contribution in [0, 0.1) is 13.8 Å². The first-order valence-corrected chi connectivity index (χ1v) is 7.49. The van der Waals surface area contributed by atoms with Crippen molar-refractivity contribution in [2.75, 3.05) is 13.7 Å². The van der Waals surface area contributed by atoms with Gasteiger partial charge in [-0.3, -0.25) is 4.79 Å². The van der Waals surface area contributed by atoms with Crippen molar-refractivity contribution in [2.24, 2.45) is 0 Å². The van der Waals surface area contributed by atoms with Gasteiger partial charge in [-0.15, -0.1) is 0 Å². The molecule has 0 aromatic carbocycles. The summed E-state index contributed by atoms with van der Waals surface area (Å²) in [5.41, 5.74) is 0.389. The molecule has 0 saturated heterocycles. The van der Waals surface area contributed by atoms with Gasteiger partial charge in [0.15, 0.2) is 6.61 Å². The topological polar surface area (TPSA) is 59.8 Å². The highest BCUT2D eigenvalue weighted by Crippen LogP contribution is 2.21. The van der Waals surface area contributed by atoms with E-state index in [2.05, 4.69) is 0 Å². The van der Waals surface area contributed by atoms with Gasteiger partial charge in [0.05, 0.1) is 0 Å². The van der Waals surface area contributed by atoms with Gasteiger partial charge in [0.2, 0.25) is 0 Å². The lowest BCUT2D eigenvalue weighted by Gasteiger charge is -2.31. The van der Waals surface area contributed by atoms with Crippen LogP contribution in [0.5, 0.6) is 0 Å². The van der Waals surface area contributed by atoms with Gasteiger partial charge in [0.25, 0.3) is 5.91 Å². The first-order valence-electron chi connectivity index (χ1n) is 7.49. The van der Waals surface area contributed by atoms with Gasteiger partial charge in [-0.2, -0.15) is 0 Å². The summed E-state index contributed by atoms with van der Waals surface area (Å²) in [5, 5.41) is 0. The SMILES string of the molecule is Cc1cc(C(=O)OCC(=O)N(C)C2CCCCC2)c(C)o1. The molecule has 0 N–H and O–H groups in total. The molecule has 1 aliphatic rings. The van der Waals surface area contributed by atoms with Crippen molar-refractivity contribution >= 4 is 11.9 Å². The summed E-state index contributed by atoms with van der Waals surface area (Å²) in [6.45, 7) is 3.26. The number of hydrogen-bond donors (Lipinski definition) is 0. The average Bonchev–Trinajstić information content (AvgIpc) is 2.83. The fourth-order valence-electron chi connectivity index (χ4n) is 2.81. The summed E-state index contributed by atoms with van der Waals surface area (Å²) in [4.78, 5) is 25.7. The molecule has 5 heteroatoms. The first kappa shape index (κ1) is 15.6. The van der Waals surface area contributed by atoms with Gasteiger partial charge in [-0.25, -0.2) is 4.79 Å². The van der Waals surface area contributed by atoms with Crippen LogP contribution in [-0.4, -0.2) is 36.5 Å². The Kier molecular flexibility index (Phi) is 5.04. The maximum atomic E-state index is 12.1. The van der Waals surface area contributed by atoms with Gasteiger partial charge < -0.3 is 14.1 Å². The van der Waals surface area contributed by atoms with Crippen LogP contribution in [-0.2, 0) is 9.53 Å². The summed E-state index contributed by atoms with van der Waals surface area (Å²) in [5.74, 6) is 0.526. The summed E-state index contributed by atoms with van der Waals surface area (Å²) >= 11 is 0. The molecular weight excluding hydrogens is 270 g/mol. The number of nitrogens with zero attached hydrogens (tertiary/aromatic N) is 1. The number of likely N-dealkylation sites (N-methyl/N-ethyl adjacent to an activating group) is 1. The van der Waals surface area contributed by atoms with Crippen molar-refractivity contribution in [3.05, 3.63) is 23.2 Å². The molecule has 116 valence electrons. The highest BCUT2D eigenvalue weighted by Gasteiger charge is 2.23. The van der Waals surface area contributed by atoms with Crippen LogP contribution in [0.2, 0.25) is 0 Å². The maximum Gasteiger partial charge on any atom is 0.342 e. The van der Waals surface area contributed by atoms with E-state index in [1.165, 1.54) is 6.42 Å². The third-order valence-electron chi connectivity index (χ3n) is 4.10. The summed E-state index contributed by atoms with van der Waals surface area (Å²) in [6.07, 6.45) is 5.64. The molecule has 5 nitrogen and oxygen atoms in total. The Morgan fingerprint density at radius 1 is 1.29 bits per heavy atom. The van der Waals surface area contributed by atoms with Crippen molar-refractivity contribution in [2.45, 2.75) is 52.0 Å². The molecule has 0 unspecified atom stereocenters. The molecule has 1 amide bonds. The van der Waals surface area contributed by atoms with E-state index in [1.54, 1.807) is 31.9 Å². The number of rotatable bonds is 4. The highest BCUT2D eigenvalue weighted by molar-refractivity contribution is 5.92. The number of ether oxygens (including phenoxy) is 1. The molecular formula is C16H23NO4. The Hall–Kier alpha value is -1.78. The second-order valence-electron chi connectivity index (χ2n) is 5.70. The van der Waals surface area contributed by atoms with E-state index in [9.17, 15) is 9.59 Å². The Bertz CT molecular complexity index is 514. The van der Waals surface area contributed by atoms with Crippen molar-refractivity contribution in [1.82, 2.24) is 4.90 Å². The van der Waals surface area contributed by atoms with E-state index in [0.29, 0.717) is 17.1 Å². The van der Waals surface area contributed by atoms with Crippen LogP contribution in [0.15, 0.2) is 10.5 Å². The standard InChI is InChI=1S/C16H23NO4/c1-11-9-14(12(2)21-11)16(19)20-10-15(18)17(3)13-7-5-4-6-8-13/h9,13H,4-8,10H2,1-3H3. The second kappa shape index (κ2) is 6.78. The lowest BCUT2D eigenvalue weighted by atomic mass is 9.94. The third kappa shape index (κ3) is 3.86. The molecule has 0 radical (unpaired) electrons. The summed E-state index contributed by atoms with van der Waals surface area (Å²) in [7, 11) is 1.79. The predicted molar refractivity (Wildman–Crippen MR) is 78.1 cm³/mol. The molecule has 1 aromatic heterocycles. The van der Waals surface area contributed by atoms with Gasteiger partial charge >= 0.3 is 5.97 Å². The average molecular weight is 293 g/mol. The summed E-state index contributed by atoms with van der Waals surface area (Å²) < 4.78 is 10.4. The molecule has 0 spiro atoms. The molecule has 0 bridgehead atoms. The highest BCUT2D eigenvalue weighted by atomic mass is 16.5. The van der Waals surface area contributed by atoms with E-state index in [4.69, 9.17) is 9.15 Å². The lowest BCUT2D eigenvalue weighted by molar-refractivity contribution is -0.135. The first-order chi connectivity index (χ1) is 9.99. The Balaban J connectivity index is 1.85. The fraction of sp³-hybridized carbons (Fsp3) is 0.625. The maximum absolute atomic E-state index is 12.1. The van der Waals surface area contributed by atoms with E-state index in [1.807, 2.05) is 0 Å². The largest absolute Gasteiger partial charge is 0.466 e. The van der Waals surface area contributed by atoms with Crippen molar-refractivity contribution < 1.29 is 18.7 Å². The Labute approximate surface area is 125 Å². The zero-order chi connectivity index (χ0) is 15.4. The zero-order valence-electron chi connectivity index (χ0n) is 13.0. The molecule has 1 heterocycles. The van der Waals surface area contributed by atoms with E-state index in [0.717, 1.165) is 25.7 Å². The fourth-order valence-corrected chi connectivity index (χ4v) is 2.81. The van der Waals surface area contributed by atoms with Gasteiger partial charge in [0.1, 0.15) is 17.1 Å². The molecule has 1 aromatic rings. The van der Waals surface area contributed by atoms with Crippen molar-refractivity contribution in [3.63, 3.8) is 0 Å². The van der Waals surface area contributed by atoms with Gasteiger partial charge in [-0.05, 0) is 32.8 Å². The van der Waals surface area contributed by atoms with Crippen LogP contribution in [0.25, 0.3) is 0 Å². The second-order valence-corrected chi connectivity index (χ2v) is 5.70. The van der Waals surface area contributed by atoms with Crippen molar-refractivity contribution in [1.29, 1.82) is 0 Å². The minimum absolute atomic E-state index is 0.145. The minimum atomic E-state index is -0.505. The van der Waals surface area contributed by atoms with E-state index < -0.39 is 5.97 Å². The molecule has 0 aliphatic heterocycles. The monoisotopic (exact) mass is 293 g/mol. The number of aryl methyl sites for hydroxylation is 2. The Morgan fingerprint density at radius 3 is 2.52 bits per heavy atom. The predicted octanol–water partition coefficient (Wildman–Crippen LogP) is 2.84. The molecule has 1 fully saturated rings. The van der Waals surface area contributed by atoms with Crippen LogP contribution < -0.4 is 0 Å². The van der Waals surface area contributed by atoms with E-state index >= 15 is 0 Å². The lowest BCUT2D eigenvalue weighted by Crippen LogP contribution is -2.40. The quantitative estimate of drug-likeness (QED) is 0.801. The van der Waals surface area contributed by atoms with Gasteiger partial charge in [-0.1, -0.05) is 19.3 Å². The normalized spacial score (nSPS) is 15.8. The van der Waals surface area contributed by atoms with Crippen LogP contribution in [0.4, 0.5) is 0 Å². The molecule has 1 saturated carbocycles. The van der Waals surface area contributed by atoms with E-state index in [-0.39, 0.29) is 18.6 Å². The van der Waals surface area contributed by atoms with Gasteiger partial charge in [0, 0.05) is 13.1 Å². The zero-order valence-corrected chi connectivity index (χ0v) is 13.0. The molecule has 0 atom stereocenters. The number of esters is 1. The molecule has 21 heavy (non-hydrogen) atoms. The minimum Gasteiger partial charge on any atom is -0.466 e. The number of amides is 1. The number of carbonyl (C=O) groups is 2. The number of furan rings is 1. The molecule has 2 rings (SSSR count). The summed E-state index contributed by atoms with van der Waals surface area (Å²) in [6, 6.07) is 1.91. The number of hydrogen-bond acceptors (Lipinski definition) is 4. The van der Waals surface area contributed by atoms with Crippen LogP contribution in [0.1, 0.15) is 54.0 Å². The van der Waals surface area contributed by atoms with Crippen LogP contribution >= 0.6 is 0 Å². The number of carbonyl (C=O) groups excluding carboxylic acids is 2. The van der Waals surface area contributed by atoms with Crippen molar-refractivity contribution in [3.8, 4) is 0 Å². The smallest absolute Gasteiger partial charge is 0.342 e. The third-order valence-corrected chi connectivity index (χ3v) is 4.10. The molecule has 1 aliphatic carbocycles.